The van der Waals surface area contributed by atoms with Crippen LogP contribution in [0.5, 0.6) is 5.75 Å². The Morgan fingerprint density at radius 1 is 0.667 bits per heavy atom. The van der Waals surface area contributed by atoms with E-state index in [0.717, 1.165) is 40.1 Å². The van der Waals surface area contributed by atoms with Crippen LogP contribution in [0.2, 0.25) is 0 Å². The lowest BCUT2D eigenvalue weighted by Crippen LogP contribution is -2.28. The molecule has 0 bridgehead atoms. The number of hydrogen-bond acceptors (Lipinski definition) is 2. The maximum Gasteiger partial charge on any atom is 0.125 e. The van der Waals surface area contributed by atoms with Gasteiger partial charge in [0.15, 0.2) is 0 Å². The summed E-state index contributed by atoms with van der Waals surface area (Å²) in [5.41, 5.74) is 19.4. The molecular formula is C49H47NO. The molecule has 5 aromatic rings. The molecule has 0 spiro atoms. The average molecular weight is 666 g/mol. The van der Waals surface area contributed by atoms with Gasteiger partial charge in [0.1, 0.15) is 5.75 Å². The maximum absolute atomic E-state index is 11.8. The van der Waals surface area contributed by atoms with Crippen LogP contribution in [0.25, 0.3) is 39.1 Å². The van der Waals surface area contributed by atoms with E-state index >= 15 is 0 Å². The van der Waals surface area contributed by atoms with Crippen LogP contribution in [0.4, 0.5) is 0 Å². The third-order valence-corrected chi connectivity index (χ3v) is 10.6. The number of nitrogens with zero attached hydrogens (tertiary/aromatic N) is 1. The minimum absolute atomic E-state index is 0.0968. The van der Waals surface area contributed by atoms with E-state index in [4.69, 9.17) is 4.99 Å². The molecule has 0 fully saturated rings. The van der Waals surface area contributed by atoms with Crippen LogP contribution in [0.15, 0.2) is 120 Å². The monoisotopic (exact) mass is 665 g/mol. The first-order valence-corrected chi connectivity index (χ1v) is 18.0. The summed E-state index contributed by atoms with van der Waals surface area (Å²) >= 11 is 0. The van der Waals surface area contributed by atoms with Gasteiger partial charge >= 0.3 is 0 Å². The minimum atomic E-state index is 0.0968. The molecule has 1 aliphatic heterocycles. The Balaban J connectivity index is 1.51. The standard InChI is InChI=1S/C49H47NO/c1-29-21-32(4)46(33(5)22-29)39-19-20-41(36(8)37-15-11-9-12-16-37)42(26-39)31(3)25-44-43-27-40(47-34(6)23-30(2)24-35(47)7)28-45(51)48(43)49(50-44)38-17-13-10-14-18-38/h9-17,19-28,38,51H,18H2,1-8H3/b41-36+,42-31+,44-25-. The summed E-state index contributed by atoms with van der Waals surface area (Å²) in [7, 11) is 0. The Morgan fingerprint density at radius 3 is 1.90 bits per heavy atom. The van der Waals surface area contributed by atoms with Gasteiger partial charge in [0, 0.05) is 17.0 Å². The fraction of sp³-hybridized carbons (Fsp3) is 0.204. The number of phenolic OH excluding ortho intramolecular Hbond substituents is 1. The quantitative estimate of drug-likeness (QED) is 0.199. The topological polar surface area (TPSA) is 32.6 Å². The predicted molar refractivity (Wildman–Crippen MR) is 218 cm³/mol. The molecular weight excluding hydrogens is 619 g/mol. The number of rotatable bonds is 5. The van der Waals surface area contributed by atoms with Crippen LogP contribution in [0.3, 0.4) is 0 Å². The molecule has 1 atom stereocenters. The average Bonchev–Trinajstić information content (AvgIpc) is 3.46. The highest BCUT2D eigenvalue weighted by atomic mass is 16.3. The first-order chi connectivity index (χ1) is 24.5. The number of hydrogen-bond donors (Lipinski definition) is 1. The van der Waals surface area contributed by atoms with Gasteiger partial charge < -0.3 is 5.11 Å². The van der Waals surface area contributed by atoms with Gasteiger partial charge in [0.05, 0.1) is 11.4 Å². The van der Waals surface area contributed by atoms with Crippen LogP contribution in [-0.4, -0.2) is 10.8 Å². The van der Waals surface area contributed by atoms with E-state index in [2.05, 4.69) is 165 Å². The van der Waals surface area contributed by atoms with Crippen molar-refractivity contribution in [2.24, 2.45) is 10.9 Å². The summed E-state index contributed by atoms with van der Waals surface area (Å²) in [4.78, 5) is 5.36. The molecule has 254 valence electrons. The molecule has 1 heterocycles. The van der Waals surface area contributed by atoms with Crippen LogP contribution in [-0.2, 0) is 0 Å². The van der Waals surface area contributed by atoms with E-state index in [1.54, 1.807) is 0 Å². The number of benzene rings is 5. The van der Waals surface area contributed by atoms with Crippen molar-refractivity contribution in [3.8, 4) is 28.0 Å². The maximum atomic E-state index is 11.8. The first kappa shape index (κ1) is 34.0. The first-order valence-electron chi connectivity index (χ1n) is 18.0. The molecule has 5 aromatic carbocycles. The number of allylic oxidation sites excluding steroid dienone is 5. The molecule has 7 rings (SSSR count). The zero-order valence-electron chi connectivity index (χ0n) is 31.1. The third-order valence-electron chi connectivity index (χ3n) is 10.6. The van der Waals surface area contributed by atoms with Crippen LogP contribution < -0.4 is 10.4 Å². The van der Waals surface area contributed by atoms with Gasteiger partial charge in [0.2, 0.25) is 0 Å². The van der Waals surface area contributed by atoms with Gasteiger partial charge in [-0.1, -0.05) is 102 Å². The molecule has 2 heteroatoms. The highest BCUT2D eigenvalue weighted by Gasteiger charge is 2.30. The van der Waals surface area contributed by atoms with E-state index < -0.39 is 0 Å². The van der Waals surface area contributed by atoms with E-state index in [9.17, 15) is 5.11 Å². The lowest BCUT2D eigenvalue weighted by Gasteiger charge is -2.17. The van der Waals surface area contributed by atoms with Crippen molar-refractivity contribution in [3.05, 3.63) is 176 Å². The van der Waals surface area contributed by atoms with Crippen molar-refractivity contribution in [2.45, 2.75) is 61.8 Å². The molecule has 0 saturated heterocycles. The summed E-state index contributed by atoms with van der Waals surface area (Å²) in [5.74, 6) is 0.380. The number of aryl methyl sites for hydroxylation is 6. The van der Waals surface area contributed by atoms with Crippen molar-refractivity contribution in [2.75, 3.05) is 0 Å². The Bertz CT molecular complexity index is 2420. The smallest absolute Gasteiger partial charge is 0.125 e. The minimum Gasteiger partial charge on any atom is -0.507 e. The van der Waals surface area contributed by atoms with Crippen molar-refractivity contribution in [1.29, 1.82) is 0 Å². The zero-order chi connectivity index (χ0) is 36.0. The van der Waals surface area contributed by atoms with Gasteiger partial charge in [-0.25, -0.2) is 0 Å². The summed E-state index contributed by atoms with van der Waals surface area (Å²) in [6.07, 6.45) is 11.7. The Labute approximate surface area is 303 Å². The second-order valence-corrected chi connectivity index (χ2v) is 14.6. The summed E-state index contributed by atoms with van der Waals surface area (Å²) in [5, 5.41) is 14.2. The number of aromatic hydroxyl groups is 1. The molecule has 2 aliphatic rings. The molecule has 1 N–H and O–H groups in total. The van der Waals surface area contributed by atoms with Crippen molar-refractivity contribution in [1.82, 2.24) is 0 Å². The van der Waals surface area contributed by atoms with Crippen molar-refractivity contribution in [3.63, 3.8) is 0 Å². The van der Waals surface area contributed by atoms with Gasteiger partial charge in [-0.3, -0.25) is 4.99 Å². The van der Waals surface area contributed by atoms with Gasteiger partial charge in [-0.2, -0.15) is 0 Å². The van der Waals surface area contributed by atoms with Gasteiger partial charge in [0.25, 0.3) is 0 Å². The highest BCUT2D eigenvalue weighted by Crippen LogP contribution is 2.43. The van der Waals surface area contributed by atoms with E-state index in [0.29, 0.717) is 0 Å². The molecule has 2 nitrogen and oxygen atoms in total. The molecule has 1 aliphatic carbocycles. The number of aliphatic imine (C=N–C) groups is 1. The van der Waals surface area contributed by atoms with Crippen LogP contribution in [0, 0.1) is 47.5 Å². The van der Waals surface area contributed by atoms with Crippen LogP contribution in [0.1, 0.15) is 70.3 Å². The molecule has 0 aromatic heterocycles. The molecule has 1 unspecified atom stereocenters. The summed E-state index contributed by atoms with van der Waals surface area (Å²) < 4.78 is 0. The Morgan fingerprint density at radius 2 is 1.29 bits per heavy atom. The zero-order valence-corrected chi connectivity index (χ0v) is 31.1. The lowest BCUT2D eigenvalue weighted by molar-refractivity contribution is 0.474. The lowest BCUT2D eigenvalue weighted by atomic mass is 9.86. The third kappa shape index (κ3) is 6.48. The fourth-order valence-corrected chi connectivity index (χ4v) is 8.40. The highest BCUT2D eigenvalue weighted by molar-refractivity contribution is 6.16. The Kier molecular flexibility index (Phi) is 9.12. The van der Waals surface area contributed by atoms with E-state index in [-0.39, 0.29) is 11.7 Å². The van der Waals surface area contributed by atoms with E-state index in [1.165, 1.54) is 71.6 Å². The normalized spacial score (nSPS) is 17.1. The fourth-order valence-electron chi connectivity index (χ4n) is 8.40. The second-order valence-electron chi connectivity index (χ2n) is 14.6. The molecule has 0 saturated carbocycles. The number of fused-ring (bicyclic) bond motifs is 1. The largest absolute Gasteiger partial charge is 0.507 e. The van der Waals surface area contributed by atoms with Crippen LogP contribution >= 0.6 is 0 Å². The summed E-state index contributed by atoms with van der Waals surface area (Å²) in [6.45, 7) is 17.5. The van der Waals surface area contributed by atoms with E-state index in [1.807, 2.05) is 6.07 Å². The summed E-state index contributed by atoms with van der Waals surface area (Å²) in [6, 6.07) is 30.8. The van der Waals surface area contributed by atoms with Gasteiger partial charge in [-0.05, 0) is 158 Å². The van der Waals surface area contributed by atoms with Crippen molar-refractivity contribution >= 4 is 22.6 Å². The van der Waals surface area contributed by atoms with Crippen molar-refractivity contribution < 1.29 is 5.11 Å². The second kappa shape index (κ2) is 13.7. The molecule has 0 amide bonds. The molecule has 0 radical (unpaired) electrons. The predicted octanol–water partition coefficient (Wildman–Crippen LogP) is 10.9. The number of phenols is 1. The van der Waals surface area contributed by atoms with Gasteiger partial charge in [-0.15, -0.1) is 0 Å². The Hall–Kier alpha value is -5.47. The SMILES string of the molecule is CC(/C=C1\N=C(C2C=CC=CC2)c2c(O)cc(-c3c(C)cc(C)cc3C)cc21)=c1/cc(-c2c(C)cc(C)cc2C)cc/c1=C(/C)c1ccccc1. The molecule has 51 heavy (non-hydrogen) atoms.